The van der Waals surface area contributed by atoms with Crippen LogP contribution in [0, 0.1) is 6.92 Å². The Morgan fingerprint density at radius 1 is 1.30 bits per heavy atom. The number of hydrogen-bond donors (Lipinski definition) is 2. The van der Waals surface area contributed by atoms with Gasteiger partial charge in [-0.1, -0.05) is 15.9 Å². The molecule has 23 heavy (non-hydrogen) atoms. The summed E-state index contributed by atoms with van der Waals surface area (Å²) in [6.45, 7) is 10.7. The van der Waals surface area contributed by atoms with Crippen molar-refractivity contribution in [1.29, 1.82) is 0 Å². The van der Waals surface area contributed by atoms with E-state index in [0.717, 1.165) is 22.9 Å². The molecule has 4 nitrogen and oxygen atoms in total. The molecule has 2 rings (SSSR count). The number of benzene rings is 1. The summed E-state index contributed by atoms with van der Waals surface area (Å²) in [6.07, 6.45) is 1.83. The molecule has 5 heteroatoms. The van der Waals surface area contributed by atoms with Gasteiger partial charge in [0, 0.05) is 21.6 Å². The first-order valence-corrected chi connectivity index (χ1v) is 8.83. The monoisotopic (exact) mass is 382 g/mol. The fraction of sp³-hybridized carbons (Fsp3) is 0.611. The van der Waals surface area contributed by atoms with E-state index in [4.69, 9.17) is 4.74 Å². The van der Waals surface area contributed by atoms with Crippen LogP contribution in [0.2, 0.25) is 0 Å². The first-order chi connectivity index (χ1) is 10.6. The van der Waals surface area contributed by atoms with Gasteiger partial charge in [-0.3, -0.25) is 4.79 Å². The first-order valence-electron chi connectivity index (χ1n) is 8.04. The van der Waals surface area contributed by atoms with E-state index in [1.807, 2.05) is 25.1 Å². The minimum atomic E-state index is -0.0657. The van der Waals surface area contributed by atoms with Crippen molar-refractivity contribution in [2.45, 2.75) is 64.6 Å². The minimum absolute atomic E-state index is 0.0172. The van der Waals surface area contributed by atoms with E-state index in [1.54, 1.807) is 0 Å². The van der Waals surface area contributed by atoms with Crippen molar-refractivity contribution < 1.29 is 9.53 Å². The Labute approximate surface area is 147 Å². The Hall–Kier alpha value is -1.07. The largest absolute Gasteiger partial charge is 0.484 e. The summed E-state index contributed by atoms with van der Waals surface area (Å²) < 4.78 is 6.64. The summed E-state index contributed by atoms with van der Waals surface area (Å²) in [7, 11) is 0. The number of halogens is 1. The average Bonchev–Trinajstić information content (AvgIpc) is 2.36. The van der Waals surface area contributed by atoms with E-state index in [-0.39, 0.29) is 29.6 Å². The van der Waals surface area contributed by atoms with Gasteiger partial charge in [0.2, 0.25) is 0 Å². The third-order valence-electron chi connectivity index (χ3n) is 4.05. The van der Waals surface area contributed by atoms with E-state index >= 15 is 0 Å². The van der Waals surface area contributed by atoms with E-state index in [0.29, 0.717) is 5.75 Å². The van der Waals surface area contributed by atoms with Crippen molar-refractivity contribution >= 4 is 21.8 Å². The van der Waals surface area contributed by atoms with Crippen LogP contribution in [-0.2, 0) is 4.79 Å². The molecule has 128 valence electrons. The summed E-state index contributed by atoms with van der Waals surface area (Å²) in [5, 5.41) is 6.73. The number of nitrogens with one attached hydrogen (secondary N) is 2. The fourth-order valence-corrected chi connectivity index (χ4v) is 3.80. The fourth-order valence-electron chi connectivity index (χ4n) is 3.55. The number of piperidine rings is 1. The molecule has 0 radical (unpaired) electrons. The van der Waals surface area contributed by atoms with Gasteiger partial charge >= 0.3 is 0 Å². The predicted octanol–water partition coefficient (Wildman–Crippen LogP) is 3.56. The number of carbonyl (C=O) groups is 1. The van der Waals surface area contributed by atoms with Gasteiger partial charge in [0.05, 0.1) is 0 Å². The Balaban J connectivity index is 1.88. The first kappa shape index (κ1) is 18.3. The van der Waals surface area contributed by atoms with Gasteiger partial charge in [0.25, 0.3) is 5.91 Å². The van der Waals surface area contributed by atoms with E-state index in [9.17, 15) is 4.79 Å². The van der Waals surface area contributed by atoms with Crippen LogP contribution in [0.3, 0.4) is 0 Å². The van der Waals surface area contributed by atoms with Crippen LogP contribution in [-0.4, -0.2) is 29.6 Å². The highest BCUT2D eigenvalue weighted by Gasteiger charge is 2.38. The highest BCUT2D eigenvalue weighted by atomic mass is 79.9. The maximum absolute atomic E-state index is 12.2. The second kappa shape index (κ2) is 6.81. The highest BCUT2D eigenvalue weighted by molar-refractivity contribution is 9.10. The Morgan fingerprint density at radius 3 is 2.48 bits per heavy atom. The smallest absolute Gasteiger partial charge is 0.258 e. The van der Waals surface area contributed by atoms with Crippen LogP contribution in [0.15, 0.2) is 22.7 Å². The lowest BCUT2D eigenvalue weighted by Crippen LogP contribution is -2.62. The molecule has 0 atom stereocenters. The molecule has 1 aliphatic heterocycles. The summed E-state index contributed by atoms with van der Waals surface area (Å²) in [5.74, 6) is 0.649. The molecule has 1 saturated heterocycles. The van der Waals surface area contributed by atoms with Crippen molar-refractivity contribution in [3.05, 3.63) is 28.2 Å². The zero-order valence-electron chi connectivity index (χ0n) is 14.6. The van der Waals surface area contributed by atoms with Crippen LogP contribution >= 0.6 is 15.9 Å². The zero-order chi connectivity index (χ0) is 17.3. The molecule has 1 amide bonds. The molecule has 0 unspecified atom stereocenters. The number of rotatable bonds is 4. The second-order valence-corrected chi connectivity index (χ2v) is 8.62. The summed E-state index contributed by atoms with van der Waals surface area (Å²) in [4.78, 5) is 12.2. The van der Waals surface area contributed by atoms with Crippen LogP contribution in [0.25, 0.3) is 0 Å². The van der Waals surface area contributed by atoms with E-state index in [1.165, 1.54) is 0 Å². The lowest BCUT2D eigenvalue weighted by atomic mass is 9.79. The van der Waals surface area contributed by atoms with Gasteiger partial charge < -0.3 is 15.4 Å². The molecule has 1 aliphatic rings. The molecule has 1 aromatic rings. The lowest BCUT2D eigenvalue weighted by Gasteiger charge is -2.46. The maximum atomic E-state index is 12.2. The number of carbonyl (C=O) groups excluding carboxylic acids is 1. The van der Waals surface area contributed by atoms with Crippen LogP contribution < -0.4 is 15.4 Å². The molecular formula is C18H27BrN2O2. The van der Waals surface area contributed by atoms with Crippen LogP contribution in [0.1, 0.15) is 46.1 Å². The number of ether oxygens (including phenoxy) is 1. The molecule has 0 aliphatic carbocycles. The SMILES string of the molecule is Cc1cc(OCC(=O)NC2CC(C)(C)NC(C)(C)C2)ccc1Br. The molecular weight excluding hydrogens is 356 g/mol. The molecule has 0 saturated carbocycles. The average molecular weight is 383 g/mol. The number of aryl methyl sites for hydroxylation is 1. The van der Waals surface area contributed by atoms with Gasteiger partial charge in [-0.05, 0) is 71.2 Å². The van der Waals surface area contributed by atoms with Gasteiger partial charge in [0.1, 0.15) is 5.75 Å². The molecule has 0 bridgehead atoms. The van der Waals surface area contributed by atoms with E-state index < -0.39 is 0 Å². The quantitative estimate of drug-likeness (QED) is 0.836. The third-order valence-corrected chi connectivity index (χ3v) is 4.94. The van der Waals surface area contributed by atoms with Gasteiger partial charge in [-0.15, -0.1) is 0 Å². The molecule has 0 spiro atoms. The summed E-state index contributed by atoms with van der Waals surface area (Å²) in [6, 6.07) is 5.89. The molecule has 0 aromatic heterocycles. The van der Waals surface area contributed by atoms with E-state index in [2.05, 4.69) is 54.3 Å². The number of amides is 1. The highest BCUT2D eigenvalue weighted by Crippen LogP contribution is 2.28. The molecule has 2 N–H and O–H groups in total. The van der Waals surface area contributed by atoms with Crippen molar-refractivity contribution in [1.82, 2.24) is 10.6 Å². The van der Waals surface area contributed by atoms with Crippen molar-refractivity contribution in [2.24, 2.45) is 0 Å². The van der Waals surface area contributed by atoms with Crippen LogP contribution in [0.5, 0.6) is 5.75 Å². The van der Waals surface area contributed by atoms with Gasteiger partial charge in [-0.25, -0.2) is 0 Å². The predicted molar refractivity (Wildman–Crippen MR) is 96.8 cm³/mol. The molecule has 1 aromatic carbocycles. The molecule has 1 heterocycles. The maximum Gasteiger partial charge on any atom is 0.258 e. The Bertz CT molecular complexity index is 568. The Morgan fingerprint density at radius 2 is 1.91 bits per heavy atom. The summed E-state index contributed by atoms with van der Waals surface area (Å²) >= 11 is 3.46. The van der Waals surface area contributed by atoms with Gasteiger partial charge in [0.15, 0.2) is 6.61 Å². The third kappa shape index (κ3) is 5.50. The summed E-state index contributed by atoms with van der Waals surface area (Å²) in [5.41, 5.74) is 1.12. The van der Waals surface area contributed by atoms with Crippen molar-refractivity contribution in [2.75, 3.05) is 6.61 Å². The zero-order valence-corrected chi connectivity index (χ0v) is 16.2. The lowest BCUT2D eigenvalue weighted by molar-refractivity contribution is -0.124. The van der Waals surface area contributed by atoms with Gasteiger partial charge in [-0.2, -0.15) is 0 Å². The Kier molecular flexibility index (Phi) is 5.41. The standard InChI is InChI=1S/C18H27BrN2O2/c1-12-8-14(6-7-15(12)19)23-11-16(22)20-13-9-17(2,3)21-18(4,5)10-13/h6-8,13,21H,9-11H2,1-5H3,(H,20,22). The normalized spacial score (nSPS) is 20.1. The molecule has 1 fully saturated rings. The van der Waals surface area contributed by atoms with Crippen molar-refractivity contribution in [3.63, 3.8) is 0 Å². The topological polar surface area (TPSA) is 50.4 Å². The second-order valence-electron chi connectivity index (χ2n) is 7.77. The minimum Gasteiger partial charge on any atom is -0.484 e. The number of hydrogen-bond acceptors (Lipinski definition) is 3. The van der Waals surface area contributed by atoms with Crippen molar-refractivity contribution in [3.8, 4) is 5.75 Å². The van der Waals surface area contributed by atoms with Crippen LogP contribution in [0.4, 0.5) is 0 Å².